The fourth-order valence-corrected chi connectivity index (χ4v) is 3.10. The third-order valence-electron chi connectivity index (χ3n) is 5.59. The molecule has 0 bridgehead atoms. The van der Waals surface area contributed by atoms with E-state index in [2.05, 4.69) is 5.32 Å². The second-order valence-corrected chi connectivity index (χ2v) is 10.2. The maximum Gasteiger partial charge on any atom is 0.498 e. The van der Waals surface area contributed by atoms with Gasteiger partial charge in [-0.05, 0) is 85.9 Å². The minimum Gasteiger partial charge on any atom is -0.494 e. The van der Waals surface area contributed by atoms with Crippen molar-refractivity contribution in [3.8, 4) is 5.75 Å². The van der Waals surface area contributed by atoms with Crippen molar-refractivity contribution in [1.82, 2.24) is 5.32 Å². The molecule has 186 valence electrons. The number of hydrogen-bond acceptors (Lipinski definition) is 5. The summed E-state index contributed by atoms with van der Waals surface area (Å²) in [5.41, 5.74) is -2.49. The average molecular weight is 473 g/mol. The predicted octanol–water partition coefficient (Wildman–Crippen LogP) is 5.08. The lowest BCUT2D eigenvalue weighted by Gasteiger charge is -2.32. The zero-order chi connectivity index (χ0) is 25.1. The van der Waals surface area contributed by atoms with Gasteiger partial charge in [0.15, 0.2) is 0 Å². The van der Waals surface area contributed by atoms with Gasteiger partial charge in [-0.15, -0.1) is 0 Å². The Hall–Kier alpha value is -1.94. The van der Waals surface area contributed by atoms with Crippen molar-refractivity contribution in [3.05, 3.63) is 23.8 Å². The molecule has 6 nitrogen and oxygen atoms in total. The summed E-state index contributed by atoms with van der Waals surface area (Å²) in [6.45, 7) is 13.5. The second-order valence-electron chi connectivity index (χ2n) is 10.2. The number of alkyl halides is 3. The van der Waals surface area contributed by atoms with Gasteiger partial charge in [0.25, 0.3) is 0 Å². The predicted molar refractivity (Wildman–Crippen MR) is 121 cm³/mol. The number of nitrogens with one attached hydrogen (secondary N) is 1. The molecule has 0 aromatic heterocycles. The third kappa shape index (κ3) is 7.81. The Morgan fingerprint density at radius 1 is 1.03 bits per heavy atom. The van der Waals surface area contributed by atoms with Crippen LogP contribution in [0.4, 0.5) is 18.0 Å². The Morgan fingerprint density at radius 2 is 1.64 bits per heavy atom. The number of carbonyl (C=O) groups is 1. The van der Waals surface area contributed by atoms with Crippen molar-refractivity contribution in [1.29, 1.82) is 0 Å². The minimum atomic E-state index is -4.49. The molecule has 10 heteroatoms. The standard InChI is InChI=1S/C23H35BF3NO5/c1-20(2,3)31-19(29)28-13-9-8-10-14-30-18-12-11-16(23(25,26)27)15-17(18)24-32-21(4,5)22(6,7)33-24/h11-12,15H,8-10,13-14H2,1-7H3,(H,28,29). The van der Waals surface area contributed by atoms with Crippen molar-refractivity contribution >= 4 is 18.7 Å². The fraction of sp³-hybridized carbons (Fsp3) is 0.696. The summed E-state index contributed by atoms with van der Waals surface area (Å²) in [4.78, 5) is 11.6. The van der Waals surface area contributed by atoms with Gasteiger partial charge in [-0.1, -0.05) is 0 Å². The van der Waals surface area contributed by atoms with Gasteiger partial charge in [-0.3, -0.25) is 0 Å². The molecule has 1 aromatic rings. The molecule has 1 aliphatic heterocycles. The van der Waals surface area contributed by atoms with Crippen molar-refractivity contribution in [3.63, 3.8) is 0 Å². The van der Waals surface area contributed by atoms with Crippen LogP contribution in [0.5, 0.6) is 5.75 Å². The van der Waals surface area contributed by atoms with Crippen molar-refractivity contribution in [2.45, 2.75) is 90.7 Å². The van der Waals surface area contributed by atoms with Crippen molar-refractivity contribution in [2.24, 2.45) is 0 Å². The van der Waals surface area contributed by atoms with Gasteiger partial charge in [0.05, 0.1) is 23.4 Å². The first-order valence-electron chi connectivity index (χ1n) is 11.2. The van der Waals surface area contributed by atoms with E-state index in [1.807, 2.05) is 27.7 Å². The van der Waals surface area contributed by atoms with Crippen LogP contribution in [0.25, 0.3) is 0 Å². The topological polar surface area (TPSA) is 66.0 Å². The zero-order valence-corrected chi connectivity index (χ0v) is 20.5. The molecule has 33 heavy (non-hydrogen) atoms. The highest BCUT2D eigenvalue weighted by Crippen LogP contribution is 2.38. The summed E-state index contributed by atoms with van der Waals surface area (Å²) in [5, 5.41) is 2.69. The number of halogens is 3. The molecular weight excluding hydrogens is 438 g/mol. The smallest absolute Gasteiger partial charge is 0.494 e. The van der Waals surface area contributed by atoms with Crippen LogP contribution in [0.1, 0.15) is 73.3 Å². The molecule has 0 unspecified atom stereocenters. The maximum atomic E-state index is 13.3. The van der Waals surface area contributed by atoms with Crippen LogP contribution in [0, 0.1) is 0 Å². The Balaban J connectivity index is 1.94. The SMILES string of the molecule is CC(C)(C)OC(=O)NCCCCCOc1ccc(C(F)(F)F)cc1B1OC(C)(C)C(C)(C)O1. The molecular formula is C23H35BF3NO5. The Morgan fingerprint density at radius 3 is 2.18 bits per heavy atom. The molecule has 1 saturated heterocycles. The molecule has 0 saturated carbocycles. The Bertz CT molecular complexity index is 805. The number of hydrogen-bond donors (Lipinski definition) is 1. The maximum absolute atomic E-state index is 13.3. The molecule has 1 fully saturated rings. The van der Waals surface area contributed by atoms with Crippen molar-refractivity contribution < 1.29 is 36.7 Å². The van der Waals surface area contributed by atoms with E-state index in [0.717, 1.165) is 25.0 Å². The number of benzene rings is 1. The van der Waals surface area contributed by atoms with Gasteiger partial charge in [0.2, 0.25) is 0 Å². The summed E-state index contributed by atoms with van der Waals surface area (Å²) in [6, 6.07) is 3.34. The number of unbranched alkanes of at least 4 members (excludes halogenated alkanes) is 2. The van der Waals surface area contributed by atoms with Gasteiger partial charge < -0.3 is 24.1 Å². The average Bonchev–Trinajstić information content (AvgIpc) is 2.86. The lowest BCUT2D eigenvalue weighted by Crippen LogP contribution is -2.41. The molecule has 2 rings (SSSR count). The Labute approximate surface area is 194 Å². The van der Waals surface area contributed by atoms with E-state index in [1.165, 1.54) is 6.07 Å². The van der Waals surface area contributed by atoms with E-state index in [4.69, 9.17) is 18.8 Å². The first kappa shape index (κ1) is 27.3. The largest absolute Gasteiger partial charge is 0.498 e. The number of rotatable bonds is 8. The first-order chi connectivity index (χ1) is 15.0. The summed E-state index contributed by atoms with van der Waals surface area (Å²) in [6.07, 6.45) is -2.80. The quantitative estimate of drug-likeness (QED) is 0.422. The fourth-order valence-electron chi connectivity index (χ4n) is 3.10. The van der Waals surface area contributed by atoms with Gasteiger partial charge >= 0.3 is 19.4 Å². The minimum absolute atomic E-state index is 0.218. The van der Waals surface area contributed by atoms with Crippen LogP contribution in [0.3, 0.4) is 0 Å². The monoisotopic (exact) mass is 473 g/mol. The summed E-state index contributed by atoms with van der Waals surface area (Å²) >= 11 is 0. The summed E-state index contributed by atoms with van der Waals surface area (Å²) in [7, 11) is -0.967. The molecule has 1 N–H and O–H groups in total. The highest BCUT2D eigenvalue weighted by Gasteiger charge is 2.52. The lowest BCUT2D eigenvalue weighted by molar-refractivity contribution is -0.137. The van der Waals surface area contributed by atoms with E-state index in [1.54, 1.807) is 20.8 Å². The van der Waals surface area contributed by atoms with Gasteiger partial charge in [0, 0.05) is 12.0 Å². The van der Waals surface area contributed by atoms with Crippen molar-refractivity contribution in [2.75, 3.05) is 13.2 Å². The second kappa shape index (κ2) is 10.1. The highest BCUT2D eigenvalue weighted by molar-refractivity contribution is 6.63. The van der Waals surface area contributed by atoms with Crippen LogP contribution < -0.4 is 15.5 Å². The zero-order valence-electron chi connectivity index (χ0n) is 20.5. The number of alkyl carbamates (subject to hydrolysis) is 1. The molecule has 0 atom stereocenters. The van der Waals surface area contributed by atoms with Crippen LogP contribution in [-0.4, -0.2) is 43.2 Å². The Kier molecular flexibility index (Phi) is 8.39. The third-order valence-corrected chi connectivity index (χ3v) is 5.59. The highest BCUT2D eigenvalue weighted by atomic mass is 19.4. The van der Waals surface area contributed by atoms with E-state index in [9.17, 15) is 18.0 Å². The van der Waals surface area contributed by atoms with Crippen LogP contribution in [0.15, 0.2) is 18.2 Å². The normalized spacial score (nSPS) is 17.7. The number of ether oxygens (including phenoxy) is 2. The van der Waals surface area contributed by atoms with E-state index in [0.29, 0.717) is 25.3 Å². The molecule has 0 radical (unpaired) electrons. The van der Waals surface area contributed by atoms with Crippen LogP contribution >= 0.6 is 0 Å². The molecule has 0 aliphatic carbocycles. The van der Waals surface area contributed by atoms with Gasteiger partial charge in [0.1, 0.15) is 11.4 Å². The number of carbonyl (C=O) groups excluding carboxylic acids is 1. The van der Waals surface area contributed by atoms with Crippen LogP contribution in [0.2, 0.25) is 0 Å². The molecule has 1 aromatic carbocycles. The van der Waals surface area contributed by atoms with E-state index < -0.39 is 41.8 Å². The van der Waals surface area contributed by atoms with Gasteiger partial charge in [-0.2, -0.15) is 13.2 Å². The molecule has 1 aliphatic rings. The molecule has 1 amide bonds. The summed E-state index contributed by atoms with van der Waals surface area (Å²) in [5.74, 6) is 0.299. The van der Waals surface area contributed by atoms with E-state index in [-0.39, 0.29) is 5.46 Å². The summed E-state index contributed by atoms with van der Waals surface area (Å²) < 4.78 is 62.8. The lowest BCUT2D eigenvalue weighted by atomic mass is 9.77. The molecule has 1 heterocycles. The molecule has 0 spiro atoms. The van der Waals surface area contributed by atoms with E-state index >= 15 is 0 Å². The first-order valence-corrected chi connectivity index (χ1v) is 11.2. The number of amides is 1. The van der Waals surface area contributed by atoms with Gasteiger partial charge in [-0.25, -0.2) is 4.79 Å². The van der Waals surface area contributed by atoms with Crippen LogP contribution in [-0.2, 0) is 20.2 Å².